The number of morpholine rings is 1. The second kappa shape index (κ2) is 8.12. The maximum absolute atomic E-state index is 12.6. The highest BCUT2D eigenvalue weighted by atomic mass is 79.9. The Balaban J connectivity index is 1.43. The molecular weight excluding hydrogens is 430 g/mol. The summed E-state index contributed by atoms with van der Waals surface area (Å²) in [5, 5.41) is 1.94. The van der Waals surface area contributed by atoms with Crippen molar-refractivity contribution in [2.75, 3.05) is 62.3 Å². The standard InChI is InChI=1S/C18H22BrN5O2S/c1-13-20-16(11-17(21-13)23-6-8-26-9-7-23)22-2-4-24(5-3-22)18(25)15-10-14(19)12-27-15/h10-12H,2-9H2,1H3. The molecule has 4 heterocycles. The number of anilines is 2. The van der Waals surface area contributed by atoms with Crippen LogP contribution < -0.4 is 9.80 Å². The van der Waals surface area contributed by atoms with Crippen LogP contribution in [0.3, 0.4) is 0 Å². The topological polar surface area (TPSA) is 61.8 Å². The molecule has 0 aromatic carbocycles. The van der Waals surface area contributed by atoms with Gasteiger partial charge >= 0.3 is 0 Å². The number of hydrogen-bond acceptors (Lipinski definition) is 7. The van der Waals surface area contributed by atoms with Crippen molar-refractivity contribution in [3.63, 3.8) is 0 Å². The van der Waals surface area contributed by atoms with Gasteiger partial charge in [0.25, 0.3) is 5.91 Å². The van der Waals surface area contributed by atoms with Crippen LogP contribution in [0.25, 0.3) is 0 Å². The van der Waals surface area contributed by atoms with Gasteiger partial charge in [-0.05, 0) is 28.9 Å². The lowest BCUT2D eigenvalue weighted by atomic mass is 10.2. The van der Waals surface area contributed by atoms with Crippen LogP contribution in [0.15, 0.2) is 22.0 Å². The second-order valence-electron chi connectivity index (χ2n) is 6.64. The molecule has 2 fully saturated rings. The summed E-state index contributed by atoms with van der Waals surface area (Å²) in [7, 11) is 0. The highest BCUT2D eigenvalue weighted by molar-refractivity contribution is 9.10. The molecule has 27 heavy (non-hydrogen) atoms. The third kappa shape index (κ3) is 4.25. The third-order valence-electron chi connectivity index (χ3n) is 4.82. The number of piperazine rings is 1. The Kier molecular flexibility index (Phi) is 5.60. The van der Waals surface area contributed by atoms with E-state index in [0.717, 1.165) is 66.2 Å². The van der Waals surface area contributed by atoms with Crippen molar-refractivity contribution < 1.29 is 9.53 Å². The number of carbonyl (C=O) groups excluding carboxylic acids is 1. The Morgan fingerprint density at radius 1 is 1.04 bits per heavy atom. The quantitative estimate of drug-likeness (QED) is 0.713. The van der Waals surface area contributed by atoms with Crippen molar-refractivity contribution in [1.82, 2.24) is 14.9 Å². The van der Waals surface area contributed by atoms with Crippen LogP contribution >= 0.6 is 27.3 Å². The van der Waals surface area contributed by atoms with E-state index in [9.17, 15) is 4.79 Å². The van der Waals surface area contributed by atoms with Crippen LogP contribution in [0.2, 0.25) is 0 Å². The molecule has 2 aliphatic heterocycles. The molecule has 9 heteroatoms. The Bertz CT molecular complexity index is 816. The van der Waals surface area contributed by atoms with Gasteiger partial charge in [0.1, 0.15) is 17.5 Å². The van der Waals surface area contributed by atoms with Gasteiger partial charge in [0.05, 0.1) is 18.1 Å². The Morgan fingerprint density at radius 3 is 2.26 bits per heavy atom. The molecule has 2 aromatic heterocycles. The molecule has 0 bridgehead atoms. The van der Waals surface area contributed by atoms with Gasteiger partial charge in [-0.1, -0.05) is 0 Å². The van der Waals surface area contributed by atoms with E-state index in [-0.39, 0.29) is 5.91 Å². The lowest BCUT2D eigenvalue weighted by Crippen LogP contribution is -2.49. The molecule has 0 radical (unpaired) electrons. The molecule has 1 amide bonds. The number of rotatable bonds is 3. The van der Waals surface area contributed by atoms with Gasteiger partial charge in [-0.25, -0.2) is 9.97 Å². The normalized spacial score (nSPS) is 18.1. The highest BCUT2D eigenvalue weighted by Gasteiger charge is 2.25. The zero-order chi connectivity index (χ0) is 18.8. The van der Waals surface area contributed by atoms with E-state index in [1.54, 1.807) is 0 Å². The molecule has 2 saturated heterocycles. The first-order chi connectivity index (χ1) is 13.1. The number of carbonyl (C=O) groups is 1. The molecule has 2 aliphatic rings. The first-order valence-electron chi connectivity index (χ1n) is 9.07. The van der Waals surface area contributed by atoms with Gasteiger partial charge in [0.2, 0.25) is 0 Å². The molecule has 0 saturated carbocycles. The van der Waals surface area contributed by atoms with E-state index in [1.165, 1.54) is 11.3 Å². The maximum Gasteiger partial charge on any atom is 0.264 e. The van der Waals surface area contributed by atoms with Crippen molar-refractivity contribution >= 4 is 44.8 Å². The fourth-order valence-electron chi connectivity index (χ4n) is 3.37. The molecule has 4 rings (SSSR count). The number of hydrogen-bond donors (Lipinski definition) is 0. The van der Waals surface area contributed by atoms with Crippen molar-refractivity contribution in [1.29, 1.82) is 0 Å². The van der Waals surface area contributed by atoms with E-state index in [4.69, 9.17) is 4.74 Å². The Hall–Kier alpha value is -1.71. The van der Waals surface area contributed by atoms with Crippen LogP contribution in [0, 0.1) is 6.92 Å². The van der Waals surface area contributed by atoms with Crippen molar-refractivity contribution in [3.05, 3.63) is 32.7 Å². The molecule has 144 valence electrons. The minimum absolute atomic E-state index is 0.109. The Labute approximate surface area is 171 Å². The van der Waals surface area contributed by atoms with Crippen LogP contribution in [-0.4, -0.2) is 73.3 Å². The van der Waals surface area contributed by atoms with Gasteiger partial charge < -0.3 is 19.4 Å². The van der Waals surface area contributed by atoms with Gasteiger partial charge in [0.15, 0.2) is 0 Å². The van der Waals surface area contributed by atoms with Crippen molar-refractivity contribution in [2.24, 2.45) is 0 Å². The number of halogens is 1. The SMILES string of the molecule is Cc1nc(N2CCOCC2)cc(N2CCN(C(=O)c3cc(Br)cs3)CC2)n1. The van der Waals surface area contributed by atoms with Gasteiger partial charge in [-0.15, -0.1) is 11.3 Å². The Morgan fingerprint density at radius 2 is 1.67 bits per heavy atom. The smallest absolute Gasteiger partial charge is 0.264 e. The first kappa shape index (κ1) is 18.6. The average Bonchev–Trinajstić information content (AvgIpc) is 3.14. The summed E-state index contributed by atoms with van der Waals surface area (Å²) in [6, 6.07) is 3.95. The lowest BCUT2D eigenvalue weighted by molar-refractivity contribution is 0.0751. The second-order valence-corrected chi connectivity index (χ2v) is 8.47. The largest absolute Gasteiger partial charge is 0.378 e. The summed E-state index contributed by atoms with van der Waals surface area (Å²) in [4.78, 5) is 29.1. The molecular formula is C18H22BrN5O2S. The van der Waals surface area contributed by atoms with E-state index in [1.807, 2.05) is 23.3 Å². The van der Waals surface area contributed by atoms with Crippen molar-refractivity contribution in [2.45, 2.75) is 6.92 Å². The van der Waals surface area contributed by atoms with Crippen molar-refractivity contribution in [3.8, 4) is 0 Å². The number of thiophene rings is 1. The molecule has 0 spiro atoms. The lowest BCUT2D eigenvalue weighted by Gasteiger charge is -2.36. The van der Waals surface area contributed by atoms with E-state index >= 15 is 0 Å². The summed E-state index contributed by atoms with van der Waals surface area (Å²) in [6.45, 7) is 8.06. The molecule has 2 aromatic rings. The predicted octanol–water partition coefficient (Wildman–Crippen LogP) is 2.41. The van der Waals surface area contributed by atoms with Crippen LogP contribution in [-0.2, 0) is 4.74 Å². The van der Waals surface area contributed by atoms with Gasteiger partial charge in [0, 0.05) is 55.2 Å². The highest BCUT2D eigenvalue weighted by Crippen LogP contribution is 2.24. The number of ether oxygens (including phenoxy) is 1. The summed E-state index contributed by atoms with van der Waals surface area (Å²) in [6.07, 6.45) is 0. The van der Waals surface area contributed by atoms with Crippen LogP contribution in [0.4, 0.5) is 11.6 Å². The molecule has 0 unspecified atom stereocenters. The number of nitrogens with zero attached hydrogens (tertiary/aromatic N) is 5. The molecule has 0 atom stereocenters. The fraction of sp³-hybridized carbons (Fsp3) is 0.500. The summed E-state index contributed by atoms with van der Waals surface area (Å²) in [5.41, 5.74) is 0. The predicted molar refractivity (Wildman–Crippen MR) is 110 cm³/mol. The first-order valence-corrected chi connectivity index (χ1v) is 10.7. The van der Waals surface area contributed by atoms with E-state index in [2.05, 4.69) is 41.8 Å². The number of aromatic nitrogens is 2. The average molecular weight is 452 g/mol. The third-order valence-corrected chi connectivity index (χ3v) is 6.49. The van der Waals surface area contributed by atoms with Gasteiger partial charge in [-0.3, -0.25) is 4.79 Å². The van der Waals surface area contributed by atoms with Gasteiger partial charge in [-0.2, -0.15) is 0 Å². The maximum atomic E-state index is 12.6. The summed E-state index contributed by atoms with van der Waals surface area (Å²) < 4.78 is 6.39. The monoisotopic (exact) mass is 451 g/mol. The summed E-state index contributed by atoms with van der Waals surface area (Å²) in [5.74, 6) is 2.78. The zero-order valence-corrected chi connectivity index (χ0v) is 17.6. The molecule has 0 N–H and O–H groups in total. The molecule has 7 nitrogen and oxygen atoms in total. The molecule has 0 aliphatic carbocycles. The minimum Gasteiger partial charge on any atom is -0.378 e. The van der Waals surface area contributed by atoms with Crippen LogP contribution in [0.1, 0.15) is 15.5 Å². The fourth-order valence-corrected chi connectivity index (χ4v) is 4.77. The minimum atomic E-state index is 0.109. The number of amides is 1. The van der Waals surface area contributed by atoms with Crippen LogP contribution in [0.5, 0.6) is 0 Å². The van der Waals surface area contributed by atoms with E-state index in [0.29, 0.717) is 13.1 Å². The number of aryl methyl sites for hydroxylation is 1. The van der Waals surface area contributed by atoms with E-state index < -0.39 is 0 Å². The zero-order valence-electron chi connectivity index (χ0n) is 15.2. The summed E-state index contributed by atoms with van der Waals surface area (Å²) >= 11 is 4.90.